The number of ether oxygens (including phenoxy) is 2. The number of fused-ring (bicyclic) bond motifs is 3. The number of likely N-dealkylation sites (tertiary alicyclic amines) is 2. The van der Waals surface area contributed by atoms with Crippen molar-refractivity contribution in [2.75, 3.05) is 27.3 Å². The monoisotopic (exact) mass is 882 g/mol. The summed E-state index contributed by atoms with van der Waals surface area (Å²) in [4.78, 5) is 72.7. The van der Waals surface area contributed by atoms with Crippen LogP contribution in [0, 0.1) is 11.8 Å². The molecule has 4 atom stereocenters. The van der Waals surface area contributed by atoms with E-state index in [4.69, 9.17) is 19.4 Å². The van der Waals surface area contributed by atoms with Crippen molar-refractivity contribution in [3.05, 3.63) is 83.6 Å². The third kappa shape index (κ3) is 8.59. The number of nitrogens with one attached hydrogen (secondary N) is 4. The van der Waals surface area contributed by atoms with E-state index in [0.29, 0.717) is 31.3 Å². The van der Waals surface area contributed by atoms with Crippen LogP contribution < -0.4 is 10.6 Å². The molecule has 0 spiro atoms. The first-order valence-corrected chi connectivity index (χ1v) is 23.5. The number of rotatable bonds is 12. The Kier molecular flexibility index (Phi) is 12.4. The van der Waals surface area contributed by atoms with E-state index in [1.165, 1.54) is 67.7 Å². The molecule has 4 amide bonds. The lowest BCUT2D eigenvalue weighted by molar-refractivity contribution is -0.136. The molecule has 3 fully saturated rings. The summed E-state index contributed by atoms with van der Waals surface area (Å²) in [5.41, 5.74) is 11.5. The fourth-order valence-electron chi connectivity index (χ4n) is 11.1. The largest absolute Gasteiger partial charge is 0.453 e. The van der Waals surface area contributed by atoms with E-state index in [0.717, 1.165) is 65.2 Å². The maximum atomic E-state index is 13.9. The molecule has 3 aromatic carbocycles. The maximum Gasteiger partial charge on any atom is 0.407 e. The van der Waals surface area contributed by atoms with Gasteiger partial charge in [0.25, 0.3) is 0 Å². The summed E-state index contributed by atoms with van der Waals surface area (Å²) in [7, 11) is 2.62. The van der Waals surface area contributed by atoms with Crippen molar-refractivity contribution in [3.63, 3.8) is 0 Å². The second-order valence-corrected chi connectivity index (χ2v) is 19.2. The van der Waals surface area contributed by atoms with Crippen LogP contribution in [0.3, 0.4) is 0 Å². The van der Waals surface area contributed by atoms with Crippen LogP contribution in [0.15, 0.2) is 60.8 Å². The highest BCUT2D eigenvalue weighted by Gasteiger charge is 2.40. The van der Waals surface area contributed by atoms with Gasteiger partial charge in [0.2, 0.25) is 11.8 Å². The minimum absolute atomic E-state index is 0.0977. The van der Waals surface area contributed by atoms with Gasteiger partial charge in [-0.15, -0.1) is 0 Å². The molecule has 10 rings (SSSR count). The van der Waals surface area contributed by atoms with Crippen molar-refractivity contribution in [3.8, 4) is 33.5 Å². The minimum Gasteiger partial charge on any atom is -0.453 e. The number of hydrogen-bond donors (Lipinski definition) is 4. The van der Waals surface area contributed by atoms with Gasteiger partial charge in [-0.2, -0.15) is 0 Å². The Balaban J connectivity index is 0.953. The summed E-state index contributed by atoms with van der Waals surface area (Å²) in [5.74, 6) is 2.40. The number of carbonyl (C=O) groups is 4. The summed E-state index contributed by atoms with van der Waals surface area (Å²) >= 11 is 0. The highest BCUT2D eigenvalue weighted by molar-refractivity contribution is 5.88. The quantitative estimate of drug-likeness (QED) is 0.0959. The molecule has 14 heteroatoms. The van der Waals surface area contributed by atoms with Crippen LogP contribution in [0.25, 0.3) is 44.5 Å². The number of benzene rings is 3. The van der Waals surface area contributed by atoms with Gasteiger partial charge in [-0.25, -0.2) is 19.6 Å². The zero-order chi connectivity index (χ0) is 45.5. The fraction of sp³-hybridized carbons (Fsp3) is 0.490. The van der Waals surface area contributed by atoms with Gasteiger partial charge in [-0.05, 0) is 127 Å². The van der Waals surface area contributed by atoms with Gasteiger partial charge in [0.1, 0.15) is 23.7 Å². The summed E-state index contributed by atoms with van der Waals surface area (Å²) in [6.45, 7) is 9.14. The number of alkyl carbamates (subject to hydrolysis) is 2. The third-order valence-electron chi connectivity index (χ3n) is 14.3. The fourth-order valence-corrected chi connectivity index (χ4v) is 11.1. The van der Waals surface area contributed by atoms with E-state index in [-0.39, 0.29) is 35.7 Å². The zero-order valence-corrected chi connectivity index (χ0v) is 38.4. The second-order valence-electron chi connectivity index (χ2n) is 19.2. The van der Waals surface area contributed by atoms with Gasteiger partial charge in [0.15, 0.2) is 0 Å². The van der Waals surface area contributed by atoms with E-state index >= 15 is 0 Å². The predicted octanol–water partition coefficient (Wildman–Crippen LogP) is 9.52. The van der Waals surface area contributed by atoms with Crippen molar-refractivity contribution in [2.24, 2.45) is 11.8 Å². The topological polar surface area (TPSA) is 175 Å². The first-order chi connectivity index (χ1) is 31.4. The number of amides is 4. The first kappa shape index (κ1) is 44.0. The summed E-state index contributed by atoms with van der Waals surface area (Å²) in [5, 5.41) is 5.51. The number of imidazole rings is 2. The van der Waals surface area contributed by atoms with Gasteiger partial charge in [-0.3, -0.25) is 9.59 Å². The van der Waals surface area contributed by atoms with Crippen LogP contribution in [0.1, 0.15) is 132 Å². The molecule has 2 aromatic heterocycles. The normalized spacial score (nSPS) is 21.2. The Labute approximate surface area is 380 Å². The second kappa shape index (κ2) is 18.4. The average molecular weight is 883 g/mol. The Bertz CT molecular complexity index is 2570. The smallest absolute Gasteiger partial charge is 0.407 e. The molecule has 0 radical (unpaired) electrons. The molecule has 2 saturated heterocycles. The Morgan fingerprint density at radius 3 is 1.92 bits per heavy atom. The third-order valence-corrected chi connectivity index (χ3v) is 14.3. The van der Waals surface area contributed by atoms with Crippen LogP contribution in [0.5, 0.6) is 0 Å². The van der Waals surface area contributed by atoms with E-state index in [1.807, 2.05) is 49.8 Å². The van der Waals surface area contributed by atoms with E-state index < -0.39 is 24.3 Å². The maximum absolute atomic E-state index is 13.9. The van der Waals surface area contributed by atoms with Crippen molar-refractivity contribution in [1.29, 1.82) is 0 Å². The van der Waals surface area contributed by atoms with Crippen molar-refractivity contribution in [1.82, 2.24) is 40.4 Å². The molecule has 4 unspecified atom stereocenters. The predicted molar refractivity (Wildman–Crippen MR) is 249 cm³/mol. The SMILES string of the molecule is COC(=O)NC(CC(C)C)C(=O)N1CCCC1c1ncc(-c2ccc(-c3ccc(-c4ccc5nc(C6CCCN6C(=O)C(NC(=O)OC)C(C)C)[nH]c5c4)cc3)c3c2C2CCC3CC2)[nH]1. The Morgan fingerprint density at radius 2 is 1.28 bits per heavy atom. The van der Waals surface area contributed by atoms with Crippen molar-refractivity contribution in [2.45, 2.75) is 121 Å². The Morgan fingerprint density at radius 1 is 0.692 bits per heavy atom. The van der Waals surface area contributed by atoms with Crippen LogP contribution in [0.4, 0.5) is 9.59 Å². The van der Waals surface area contributed by atoms with Crippen LogP contribution in [-0.4, -0.2) is 93.1 Å². The van der Waals surface area contributed by atoms with Gasteiger partial charge < -0.3 is 39.9 Å². The number of nitrogens with zero attached hydrogens (tertiary/aromatic N) is 4. The highest BCUT2D eigenvalue weighted by atomic mass is 16.5. The molecule has 14 nitrogen and oxygen atoms in total. The number of aromatic nitrogens is 4. The van der Waals surface area contributed by atoms with Crippen LogP contribution >= 0.6 is 0 Å². The molecule has 4 heterocycles. The molecular formula is C51H62N8O6. The summed E-state index contributed by atoms with van der Waals surface area (Å²) in [6.07, 6.45) is 9.32. The number of aromatic amines is 2. The Hall–Kier alpha value is -6.18. The summed E-state index contributed by atoms with van der Waals surface area (Å²) in [6, 6.07) is 18.0. The lowest BCUT2D eigenvalue weighted by Gasteiger charge is -2.41. The van der Waals surface area contributed by atoms with Gasteiger partial charge in [0, 0.05) is 18.7 Å². The zero-order valence-electron chi connectivity index (χ0n) is 38.4. The van der Waals surface area contributed by atoms with E-state index in [9.17, 15) is 19.2 Å². The molecule has 1 saturated carbocycles. The molecule has 2 bridgehead atoms. The van der Waals surface area contributed by atoms with E-state index in [2.05, 4.69) is 69.1 Å². The molecular weight excluding hydrogens is 821 g/mol. The standard InChI is InChI=1S/C51H62N8O6/c1-28(2)25-39(56-50(62)64-5)48(60)58-23-7-9-41(58)46-52-27-40(55-46)36-21-20-35(43-32-15-17-33(18-16-32)44(36)43)31-13-11-30(12-14-31)34-19-22-37-38(26-34)54-47(53-37)42-10-8-24-59(42)49(61)45(29(3)4)57-51(63)65-6/h11-14,19-22,26-29,32-33,39,41-42,45H,7-10,15-18,23-25H2,1-6H3,(H,52,55)(H,53,54)(H,56,62)(H,57,63). The highest BCUT2D eigenvalue weighted by Crippen LogP contribution is 2.55. The lowest BCUT2D eigenvalue weighted by Crippen LogP contribution is -2.51. The van der Waals surface area contributed by atoms with Gasteiger partial charge in [0.05, 0.1) is 49.2 Å². The number of H-pyrrole nitrogens is 2. The number of carbonyl (C=O) groups excluding carboxylic acids is 4. The molecule has 342 valence electrons. The number of methoxy groups -OCH3 is 2. The molecule has 5 aromatic rings. The average Bonchev–Trinajstić information content (AvgIpc) is 4.16. The number of hydrogen-bond acceptors (Lipinski definition) is 8. The first-order valence-electron chi connectivity index (χ1n) is 23.5. The molecule has 2 aliphatic heterocycles. The summed E-state index contributed by atoms with van der Waals surface area (Å²) < 4.78 is 9.66. The molecule has 65 heavy (non-hydrogen) atoms. The molecule has 5 aliphatic rings. The lowest BCUT2D eigenvalue weighted by atomic mass is 9.64. The molecule has 3 aliphatic carbocycles. The van der Waals surface area contributed by atoms with Crippen molar-refractivity contribution >= 4 is 35.0 Å². The van der Waals surface area contributed by atoms with Gasteiger partial charge >= 0.3 is 12.2 Å². The minimum atomic E-state index is -0.688. The van der Waals surface area contributed by atoms with E-state index in [1.54, 1.807) is 0 Å². The van der Waals surface area contributed by atoms with Crippen LogP contribution in [0.2, 0.25) is 0 Å². The van der Waals surface area contributed by atoms with Crippen molar-refractivity contribution < 1.29 is 28.7 Å². The van der Waals surface area contributed by atoms with Gasteiger partial charge in [-0.1, -0.05) is 70.2 Å². The molecule has 4 N–H and O–H groups in total. The van der Waals surface area contributed by atoms with Crippen LogP contribution in [-0.2, 0) is 19.1 Å².